The molecule has 0 fully saturated rings. The summed E-state index contributed by atoms with van der Waals surface area (Å²) in [5, 5.41) is 22.8. The number of hydrogen-bond acceptors (Lipinski definition) is 5. The van der Waals surface area contributed by atoms with Crippen molar-refractivity contribution in [2.45, 2.75) is 26.2 Å². The van der Waals surface area contributed by atoms with Crippen molar-refractivity contribution >= 4 is 22.6 Å². The summed E-state index contributed by atoms with van der Waals surface area (Å²) in [5.41, 5.74) is 0.472. The Morgan fingerprint density at radius 3 is 2.52 bits per heavy atom. The molecule has 0 unspecified atom stereocenters. The van der Waals surface area contributed by atoms with E-state index in [2.05, 4.69) is 10.3 Å². The van der Waals surface area contributed by atoms with Gasteiger partial charge in [0.05, 0.1) is 0 Å². The van der Waals surface area contributed by atoms with E-state index >= 15 is 0 Å². The molecule has 7 heteroatoms. The maximum Gasteiger partial charge on any atom is 0.322 e. The van der Waals surface area contributed by atoms with Crippen LogP contribution in [0, 0.1) is 0 Å². The van der Waals surface area contributed by atoms with Crippen molar-refractivity contribution < 1.29 is 24.5 Å². The molecule has 3 rings (SSSR count). The van der Waals surface area contributed by atoms with Gasteiger partial charge in [-0.05, 0) is 43.2 Å². The van der Waals surface area contributed by atoms with Crippen LogP contribution in [-0.4, -0.2) is 33.6 Å². The number of nitrogens with one attached hydrogen (secondary N) is 1. The normalized spacial score (nSPS) is 10.7. The third kappa shape index (κ3) is 4.82. The number of carboxylic acid groups (broad SMARTS) is 1. The van der Waals surface area contributed by atoms with Crippen molar-refractivity contribution in [3.05, 3.63) is 59.9 Å². The molecule has 0 atom stereocenters. The summed E-state index contributed by atoms with van der Waals surface area (Å²) in [4.78, 5) is 27.4. The highest BCUT2D eigenvalue weighted by molar-refractivity contribution is 6.03. The number of benzene rings is 2. The van der Waals surface area contributed by atoms with Crippen LogP contribution in [0.3, 0.4) is 0 Å². The van der Waals surface area contributed by atoms with Crippen molar-refractivity contribution in [2.24, 2.45) is 0 Å². The number of pyridine rings is 1. The molecule has 0 bridgehead atoms. The molecule has 0 aliphatic heterocycles. The number of para-hydroxylation sites is 1. The lowest BCUT2D eigenvalue weighted by atomic mass is 10.0. The standard InChI is InChI=1S/C22H22N2O5/c1-2-3-9-18-17-12-15(29-14-7-5-4-6-8-14)10-11-16(17)21(27)20(24-18)22(28)23-13-19(25)26/h4-8,10-12,27H,2-3,9,13H2,1H3,(H,23,28)(H,25,26). The van der Waals surface area contributed by atoms with Crippen molar-refractivity contribution in [3.63, 3.8) is 0 Å². The summed E-state index contributed by atoms with van der Waals surface area (Å²) < 4.78 is 5.87. The van der Waals surface area contributed by atoms with E-state index in [-0.39, 0.29) is 11.4 Å². The van der Waals surface area contributed by atoms with Gasteiger partial charge in [-0.3, -0.25) is 9.59 Å². The molecule has 3 aromatic rings. The number of fused-ring (bicyclic) bond motifs is 1. The van der Waals surface area contributed by atoms with Gasteiger partial charge in [0.2, 0.25) is 0 Å². The lowest BCUT2D eigenvalue weighted by Crippen LogP contribution is -2.30. The number of nitrogens with zero attached hydrogens (tertiary/aromatic N) is 1. The summed E-state index contributed by atoms with van der Waals surface area (Å²) >= 11 is 0. The topological polar surface area (TPSA) is 109 Å². The molecule has 0 saturated carbocycles. The van der Waals surface area contributed by atoms with Gasteiger partial charge in [0.1, 0.15) is 18.0 Å². The van der Waals surface area contributed by atoms with E-state index in [0.29, 0.717) is 34.4 Å². The third-order valence-electron chi connectivity index (χ3n) is 4.39. The molecule has 0 aliphatic rings. The van der Waals surface area contributed by atoms with Gasteiger partial charge >= 0.3 is 5.97 Å². The van der Waals surface area contributed by atoms with Crippen molar-refractivity contribution in [1.82, 2.24) is 10.3 Å². The minimum absolute atomic E-state index is 0.179. The molecule has 7 nitrogen and oxygen atoms in total. The van der Waals surface area contributed by atoms with Crippen LogP contribution >= 0.6 is 0 Å². The second-order valence-corrected chi connectivity index (χ2v) is 6.56. The first-order chi connectivity index (χ1) is 14.0. The predicted octanol–water partition coefficient (Wildman–Crippen LogP) is 3.89. The van der Waals surface area contributed by atoms with E-state index < -0.39 is 18.4 Å². The second kappa shape index (κ2) is 9.05. The van der Waals surface area contributed by atoms with Crippen molar-refractivity contribution in [3.8, 4) is 17.2 Å². The number of aryl methyl sites for hydroxylation is 1. The van der Waals surface area contributed by atoms with Gasteiger partial charge in [-0.1, -0.05) is 31.5 Å². The lowest BCUT2D eigenvalue weighted by Gasteiger charge is -2.13. The van der Waals surface area contributed by atoms with Crippen LogP contribution in [0.15, 0.2) is 48.5 Å². The number of hydrogen-bond donors (Lipinski definition) is 3. The maximum atomic E-state index is 12.3. The monoisotopic (exact) mass is 394 g/mol. The highest BCUT2D eigenvalue weighted by Crippen LogP contribution is 2.34. The molecule has 0 saturated heterocycles. The Morgan fingerprint density at radius 2 is 1.83 bits per heavy atom. The first-order valence-electron chi connectivity index (χ1n) is 9.38. The zero-order valence-electron chi connectivity index (χ0n) is 16.0. The number of ether oxygens (including phenoxy) is 1. The smallest absolute Gasteiger partial charge is 0.322 e. The van der Waals surface area contributed by atoms with E-state index in [4.69, 9.17) is 9.84 Å². The Labute approximate surface area is 168 Å². The molecule has 0 radical (unpaired) electrons. The number of carbonyl (C=O) groups is 2. The Bertz CT molecular complexity index is 1030. The fourth-order valence-electron chi connectivity index (χ4n) is 2.97. The molecule has 29 heavy (non-hydrogen) atoms. The van der Waals surface area contributed by atoms with Crippen molar-refractivity contribution in [1.29, 1.82) is 0 Å². The van der Waals surface area contributed by atoms with Crippen LogP contribution in [0.25, 0.3) is 10.8 Å². The molecule has 150 valence electrons. The number of rotatable bonds is 8. The van der Waals surface area contributed by atoms with Gasteiger partial charge in [-0.2, -0.15) is 0 Å². The van der Waals surface area contributed by atoms with Gasteiger partial charge in [-0.15, -0.1) is 0 Å². The van der Waals surface area contributed by atoms with Crippen LogP contribution in [-0.2, 0) is 11.2 Å². The fourth-order valence-corrected chi connectivity index (χ4v) is 2.97. The average Bonchev–Trinajstić information content (AvgIpc) is 2.72. The number of aliphatic carboxylic acids is 1. The van der Waals surface area contributed by atoms with Crippen LogP contribution < -0.4 is 10.1 Å². The van der Waals surface area contributed by atoms with E-state index in [1.807, 2.05) is 37.3 Å². The van der Waals surface area contributed by atoms with Gasteiger partial charge in [-0.25, -0.2) is 4.98 Å². The van der Waals surface area contributed by atoms with Gasteiger partial charge in [0.25, 0.3) is 5.91 Å². The third-order valence-corrected chi connectivity index (χ3v) is 4.39. The molecule has 1 aromatic heterocycles. The summed E-state index contributed by atoms with van der Waals surface area (Å²) in [5.74, 6) is -0.911. The quantitative estimate of drug-likeness (QED) is 0.535. The zero-order chi connectivity index (χ0) is 20.8. The summed E-state index contributed by atoms with van der Waals surface area (Å²) in [7, 11) is 0. The number of carboxylic acids is 1. The highest BCUT2D eigenvalue weighted by atomic mass is 16.5. The molecule has 1 heterocycles. The fraction of sp³-hybridized carbons (Fsp3) is 0.227. The Kier molecular flexibility index (Phi) is 6.29. The molecule has 0 aliphatic carbocycles. The summed E-state index contributed by atoms with van der Waals surface area (Å²) in [6.45, 7) is 1.50. The summed E-state index contributed by atoms with van der Waals surface area (Å²) in [6, 6.07) is 14.5. The Balaban J connectivity index is 2.03. The van der Waals surface area contributed by atoms with E-state index in [1.165, 1.54) is 0 Å². The van der Waals surface area contributed by atoms with Crippen LogP contribution in [0.1, 0.15) is 35.9 Å². The molecule has 0 spiro atoms. The molecule has 1 amide bonds. The minimum Gasteiger partial charge on any atom is -0.505 e. The van der Waals surface area contributed by atoms with Gasteiger partial charge < -0.3 is 20.3 Å². The maximum absolute atomic E-state index is 12.3. The van der Waals surface area contributed by atoms with Crippen LogP contribution in [0.4, 0.5) is 0 Å². The second-order valence-electron chi connectivity index (χ2n) is 6.56. The first-order valence-corrected chi connectivity index (χ1v) is 9.38. The number of carbonyl (C=O) groups excluding carboxylic acids is 1. The highest BCUT2D eigenvalue weighted by Gasteiger charge is 2.20. The van der Waals surface area contributed by atoms with E-state index in [1.54, 1.807) is 18.2 Å². The number of amides is 1. The zero-order valence-corrected chi connectivity index (χ0v) is 16.0. The Hall–Kier alpha value is -3.61. The van der Waals surface area contributed by atoms with Gasteiger partial charge in [0, 0.05) is 16.5 Å². The SMILES string of the molecule is CCCCc1nc(C(=O)NCC(=O)O)c(O)c2ccc(Oc3ccccc3)cc12. The number of unbranched alkanes of at least 4 members (excludes halogenated alkanes) is 1. The minimum atomic E-state index is -1.17. The first kappa shape index (κ1) is 20.1. The predicted molar refractivity (Wildman–Crippen MR) is 109 cm³/mol. The van der Waals surface area contributed by atoms with E-state index in [0.717, 1.165) is 12.8 Å². The molecule has 3 N–H and O–H groups in total. The van der Waals surface area contributed by atoms with Crippen LogP contribution in [0.5, 0.6) is 17.2 Å². The largest absolute Gasteiger partial charge is 0.505 e. The summed E-state index contributed by atoms with van der Waals surface area (Å²) in [6.07, 6.45) is 2.40. The molecule has 2 aromatic carbocycles. The van der Waals surface area contributed by atoms with Crippen LogP contribution in [0.2, 0.25) is 0 Å². The number of aromatic hydroxyl groups is 1. The molecular weight excluding hydrogens is 372 g/mol. The van der Waals surface area contributed by atoms with E-state index in [9.17, 15) is 14.7 Å². The van der Waals surface area contributed by atoms with Gasteiger partial charge in [0.15, 0.2) is 11.4 Å². The Morgan fingerprint density at radius 1 is 1.07 bits per heavy atom. The average molecular weight is 394 g/mol. The number of aromatic nitrogens is 1. The van der Waals surface area contributed by atoms with Crippen molar-refractivity contribution in [2.75, 3.05) is 6.54 Å². The molecular formula is C22H22N2O5. The lowest BCUT2D eigenvalue weighted by molar-refractivity contribution is -0.135.